The number of nitrogens with zero attached hydrogens (tertiary/aromatic N) is 2. The van der Waals surface area contributed by atoms with E-state index in [0.717, 1.165) is 4.90 Å². The number of alkyl carbamates (subject to hydrolysis) is 1. The number of nitrogens with one attached hydrogen (secondary N) is 3. The summed E-state index contributed by atoms with van der Waals surface area (Å²) in [4.78, 5) is 96.3. The molecule has 48 heavy (non-hydrogen) atoms. The second-order valence-electron chi connectivity index (χ2n) is 14.5. The summed E-state index contributed by atoms with van der Waals surface area (Å²) in [5, 5.41) is 4.75. The first-order valence-electron chi connectivity index (χ1n) is 15.6. The quantitative estimate of drug-likeness (QED) is 0.164. The highest BCUT2D eigenvalue weighted by Crippen LogP contribution is 2.45. The number of hydrogen-bond donors (Lipinski definition) is 3. The van der Waals surface area contributed by atoms with Crippen molar-refractivity contribution in [1.29, 1.82) is 0 Å². The number of hydroxylamine groups is 2. The van der Waals surface area contributed by atoms with Gasteiger partial charge in [-0.1, -0.05) is 31.9 Å². The molecule has 0 aromatic carbocycles. The lowest BCUT2D eigenvalue weighted by molar-refractivity contribution is -0.178. The minimum atomic E-state index is -3.96. The molecular formula is C30H43N5O12S. The molecular weight excluding hydrogens is 654 g/mol. The van der Waals surface area contributed by atoms with Crippen LogP contribution in [0.4, 0.5) is 9.59 Å². The molecule has 0 spiro atoms. The van der Waals surface area contributed by atoms with E-state index in [9.17, 15) is 42.0 Å². The summed E-state index contributed by atoms with van der Waals surface area (Å²) in [5.74, 6) is -4.65. The molecule has 2 saturated heterocycles. The van der Waals surface area contributed by atoms with Gasteiger partial charge in [-0.2, -0.15) is 0 Å². The number of likely N-dealkylation sites (tertiary alicyclic amines) is 1. The van der Waals surface area contributed by atoms with Gasteiger partial charge in [-0.3, -0.25) is 33.5 Å². The van der Waals surface area contributed by atoms with Gasteiger partial charge in [0.05, 0.1) is 11.8 Å². The zero-order valence-electron chi connectivity index (χ0n) is 27.8. The zero-order valence-corrected chi connectivity index (χ0v) is 28.6. The van der Waals surface area contributed by atoms with Gasteiger partial charge in [-0.05, 0) is 45.4 Å². The Labute approximate surface area is 278 Å². The summed E-state index contributed by atoms with van der Waals surface area (Å²) >= 11 is 0. The van der Waals surface area contributed by atoms with Crippen LogP contribution in [-0.4, -0.2) is 101 Å². The standard InChI is InChI=1S/C30H43N5O12S/c1-8-16-14-30(16,25(40)33-48(43,44)18-9-10-18)32-23(38)19-13-17(45-27(42)47-35-20(36)11-12-21(35)37)15-34(19)24(39)22(28(2,3)4)31-26(41)46-29(5,6)7/h8,16-19,22H,1,9-15H2,2-7H3,(H,31,41)(H,32,38)(H,33,40). The van der Waals surface area contributed by atoms with E-state index in [2.05, 4.69) is 21.9 Å². The average Bonchev–Trinajstić information content (AvgIpc) is 3.86. The second-order valence-corrected chi connectivity index (χ2v) is 16.5. The Morgan fingerprint density at radius 1 is 1.02 bits per heavy atom. The van der Waals surface area contributed by atoms with Gasteiger partial charge in [-0.25, -0.2) is 18.0 Å². The van der Waals surface area contributed by atoms with E-state index in [1.54, 1.807) is 41.5 Å². The molecule has 17 nitrogen and oxygen atoms in total. The van der Waals surface area contributed by atoms with E-state index in [4.69, 9.17) is 14.3 Å². The number of rotatable bonds is 10. The van der Waals surface area contributed by atoms with Crippen molar-refractivity contribution in [3.8, 4) is 0 Å². The van der Waals surface area contributed by atoms with Gasteiger partial charge in [0, 0.05) is 25.2 Å². The molecule has 0 bridgehead atoms. The molecule has 2 heterocycles. The SMILES string of the molecule is C=CC1CC1(NC(=O)C1CC(OC(=O)ON2C(=O)CCC2=O)CN1C(=O)C(NC(=O)OC(C)(C)C)C(C)(C)C)C(=O)NS(=O)(=O)C1CC1. The van der Waals surface area contributed by atoms with Crippen LogP contribution in [0, 0.1) is 11.3 Å². The van der Waals surface area contributed by atoms with E-state index < -0.39 is 97.7 Å². The monoisotopic (exact) mass is 697 g/mol. The first-order chi connectivity index (χ1) is 22.1. The highest BCUT2D eigenvalue weighted by atomic mass is 32.2. The molecule has 0 aromatic heterocycles. The maximum atomic E-state index is 14.1. The summed E-state index contributed by atoms with van der Waals surface area (Å²) in [6.45, 7) is 13.2. The van der Waals surface area contributed by atoms with E-state index in [1.807, 2.05) is 0 Å². The summed E-state index contributed by atoms with van der Waals surface area (Å²) < 4.78 is 37.8. The predicted molar refractivity (Wildman–Crippen MR) is 164 cm³/mol. The Kier molecular flexibility index (Phi) is 9.92. The molecule has 4 rings (SSSR count). The molecule has 18 heteroatoms. The highest BCUT2D eigenvalue weighted by Gasteiger charge is 2.62. The van der Waals surface area contributed by atoms with Crippen LogP contribution in [0.15, 0.2) is 12.7 Å². The fraction of sp³-hybridized carbons (Fsp3) is 0.700. The molecule has 0 radical (unpaired) electrons. The van der Waals surface area contributed by atoms with Crippen LogP contribution in [-0.2, 0) is 48.3 Å². The summed E-state index contributed by atoms with van der Waals surface area (Å²) in [6.07, 6.45) is -1.86. The molecule has 2 aliphatic carbocycles. The number of sulfonamides is 1. The summed E-state index contributed by atoms with van der Waals surface area (Å²) in [6, 6.07) is -2.64. The first-order valence-corrected chi connectivity index (χ1v) is 17.2. The Balaban J connectivity index is 1.58. The van der Waals surface area contributed by atoms with Crippen LogP contribution < -0.4 is 15.4 Å². The van der Waals surface area contributed by atoms with Crippen molar-refractivity contribution >= 4 is 51.8 Å². The fourth-order valence-corrected chi connectivity index (χ4v) is 6.89. The molecule has 2 aliphatic heterocycles. The maximum Gasteiger partial charge on any atom is 0.534 e. The second kappa shape index (κ2) is 13.0. The van der Waals surface area contributed by atoms with Gasteiger partial charge in [0.25, 0.3) is 17.7 Å². The lowest BCUT2D eigenvalue weighted by Gasteiger charge is -2.36. The largest absolute Gasteiger partial charge is 0.534 e. The Bertz CT molecular complexity index is 1500. The third-order valence-corrected chi connectivity index (χ3v) is 10.1. The van der Waals surface area contributed by atoms with E-state index in [1.165, 1.54) is 6.08 Å². The van der Waals surface area contributed by atoms with Gasteiger partial charge in [0.1, 0.15) is 29.3 Å². The number of carbonyl (C=O) groups excluding carboxylic acids is 7. The molecule has 6 amide bonds. The number of hydrogen-bond acceptors (Lipinski definition) is 12. The highest BCUT2D eigenvalue weighted by molar-refractivity contribution is 7.91. The smallest absolute Gasteiger partial charge is 0.444 e. The van der Waals surface area contributed by atoms with E-state index >= 15 is 0 Å². The average molecular weight is 698 g/mol. The summed E-state index contributed by atoms with van der Waals surface area (Å²) in [5.41, 5.74) is -3.48. The Morgan fingerprint density at radius 3 is 2.12 bits per heavy atom. The van der Waals surface area contributed by atoms with E-state index in [-0.39, 0.29) is 37.3 Å². The zero-order chi connectivity index (χ0) is 36.0. The minimum Gasteiger partial charge on any atom is -0.444 e. The van der Waals surface area contributed by atoms with Gasteiger partial charge in [0.2, 0.25) is 21.8 Å². The summed E-state index contributed by atoms with van der Waals surface area (Å²) in [7, 11) is -3.96. The third-order valence-electron chi connectivity index (χ3n) is 8.31. The number of carbonyl (C=O) groups is 7. The van der Waals surface area contributed by atoms with Gasteiger partial charge >= 0.3 is 12.2 Å². The lowest BCUT2D eigenvalue weighted by atomic mass is 9.85. The normalized spacial score (nSPS) is 26.3. The van der Waals surface area contributed by atoms with Crippen LogP contribution in [0.25, 0.3) is 0 Å². The van der Waals surface area contributed by atoms with Crippen molar-refractivity contribution in [2.45, 2.75) is 115 Å². The van der Waals surface area contributed by atoms with Crippen LogP contribution in [0.2, 0.25) is 0 Å². The van der Waals surface area contributed by atoms with E-state index in [0.29, 0.717) is 12.8 Å². The number of amides is 6. The maximum absolute atomic E-state index is 14.1. The number of ether oxygens (including phenoxy) is 2. The molecule has 5 atom stereocenters. The molecule has 4 fully saturated rings. The van der Waals surface area contributed by atoms with Gasteiger partial charge in [-0.15, -0.1) is 6.58 Å². The molecule has 5 unspecified atom stereocenters. The Morgan fingerprint density at radius 2 is 1.62 bits per heavy atom. The van der Waals surface area contributed by atoms with Crippen molar-refractivity contribution in [2.75, 3.05) is 6.54 Å². The van der Waals surface area contributed by atoms with Gasteiger partial charge < -0.3 is 25.0 Å². The fourth-order valence-electron chi connectivity index (χ4n) is 5.52. The van der Waals surface area contributed by atoms with Crippen molar-refractivity contribution in [1.82, 2.24) is 25.3 Å². The van der Waals surface area contributed by atoms with Crippen LogP contribution in [0.1, 0.15) is 80.1 Å². The van der Waals surface area contributed by atoms with Gasteiger partial charge in [0.15, 0.2) is 0 Å². The topological polar surface area (TPSA) is 224 Å². The van der Waals surface area contributed by atoms with Crippen molar-refractivity contribution < 1.29 is 56.3 Å². The molecule has 4 aliphatic rings. The lowest BCUT2D eigenvalue weighted by Crippen LogP contribution is -2.60. The predicted octanol–water partition coefficient (Wildman–Crippen LogP) is 0.782. The first kappa shape index (κ1) is 36.6. The molecule has 3 N–H and O–H groups in total. The van der Waals surface area contributed by atoms with Crippen molar-refractivity contribution in [3.63, 3.8) is 0 Å². The number of imide groups is 1. The molecule has 266 valence electrons. The third kappa shape index (κ3) is 8.25. The molecule has 0 aromatic rings. The van der Waals surface area contributed by atoms with Crippen molar-refractivity contribution in [3.05, 3.63) is 12.7 Å². The van der Waals surface area contributed by atoms with Crippen LogP contribution in [0.3, 0.4) is 0 Å². The van der Waals surface area contributed by atoms with Crippen molar-refractivity contribution in [2.24, 2.45) is 11.3 Å². The Hall–Kier alpha value is -4.22. The van der Waals surface area contributed by atoms with Crippen LogP contribution >= 0.6 is 0 Å². The van der Waals surface area contributed by atoms with Crippen LogP contribution in [0.5, 0.6) is 0 Å². The molecule has 2 saturated carbocycles. The minimum absolute atomic E-state index is 0.0455.